The van der Waals surface area contributed by atoms with E-state index in [2.05, 4.69) is 20.9 Å². The zero-order chi connectivity index (χ0) is 13.1. The van der Waals surface area contributed by atoms with Crippen LogP contribution in [-0.4, -0.2) is 5.84 Å². The highest BCUT2D eigenvalue weighted by molar-refractivity contribution is 9.10. The zero-order valence-corrected chi connectivity index (χ0v) is 11.5. The van der Waals surface area contributed by atoms with Crippen LogP contribution in [0.15, 0.2) is 21.6 Å². The first-order valence-electron chi connectivity index (χ1n) is 6.06. The Balaban J connectivity index is 2.23. The van der Waals surface area contributed by atoms with Gasteiger partial charge >= 0.3 is 0 Å². The third kappa shape index (κ3) is 3.07. The highest BCUT2D eigenvalue weighted by Crippen LogP contribution is 2.28. The van der Waals surface area contributed by atoms with Gasteiger partial charge in [-0.25, -0.2) is 13.8 Å². The van der Waals surface area contributed by atoms with E-state index in [1.165, 1.54) is 6.42 Å². The average molecular weight is 317 g/mol. The van der Waals surface area contributed by atoms with Gasteiger partial charge < -0.3 is 5.73 Å². The van der Waals surface area contributed by atoms with Crippen LogP contribution >= 0.6 is 15.9 Å². The van der Waals surface area contributed by atoms with Crippen LogP contribution in [0.1, 0.15) is 32.1 Å². The average Bonchev–Trinajstić information content (AvgIpc) is 2.37. The number of amidine groups is 1. The van der Waals surface area contributed by atoms with Crippen molar-refractivity contribution in [1.82, 2.24) is 0 Å². The minimum absolute atomic E-state index is 0.0289. The first-order chi connectivity index (χ1) is 8.58. The molecular weight excluding hydrogens is 302 g/mol. The summed E-state index contributed by atoms with van der Waals surface area (Å²) in [5.41, 5.74) is 5.86. The van der Waals surface area contributed by atoms with Crippen LogP contribution in [0.4, 0.5) is 14.5 Å². The van der Waals surface area contributed by atoms with Gasteiger partial charge in [0, 0.05) is 12.0 Å². The molecule has 1 aliphatic carbocycles. The van der Waals surface area contributed by atoms with E-state index < -0.39 is 11.6 Å². The maximum atomic E-state index is 13.6. The van der Waals surface area contributed by atoms with Crippen molar-refractivity contribution in [3.63, 3.8) is 0 Å². The molecule has 0 amide bonds. The second-order valence-corrected chi connectivity index (χ2v) is 5.44. The second kappa shape index (κ2) is 5.78. The predicted octanol–water partition coefficient (Wildman–Crippen LogP) is 4.30. The molecule has 98 valence electrons. The number of rotatable bonds is 2. The summed E-state index contributed by atoms with van der Waals surface area (Å²) in [5, 5.41) is 0. The molecule has 0 saturated heterocycles. The number of nitrogens with zero attached hydrogens (tertiary/aromatic N) is 1. The highest BCUT2D eigenvalue weighted by atomic mass is 79.9. The van der Waals surface area contributed by atoms with E-state index in [0.717, 1.165) is 37.8 Å². The van der Waals surface area contributed by atoms with Crippen molar-refractivity contribution in [3.05, 3.63) is 28.2 Å². The van der Waals surface area contributed by atoms with E-state index >= 15 is 0 Å². The molecule has 0 heterocycles. The molecule has 1 aliphatic rings. The number of hydrogen-bond donors (Lipinski definition) is 1. The SMILES string of the molecule is NC(=Nc1cc(F)c(Br)cc1F)C1CCCCC1. The third-order valence-electron chi connectivity index (χ3n) is 3.26. The molecule has 18 heavy (non-hydrogen) atoms. The summed E-state index contributed by atoms with van der Waals surface area (Å²) in [6.45, 7) is 0. The Labute approximate surface area is 113 Å². The largest absolute Gasteiger partial charge is 0.387 e. The van der Waals surface area contributed by atoms with Gasteiger partial charge in [0.1, 0.15) is 23.2 Å². The lowest BCUT2D eigenvalue weighted by Crippen LogP contribution is -2.25. The molecule has 0 spiro atoms. The van der Waals surface area contributed by atoms with E-state index in [4.69, 9.17) is 5.73 Å². The van der Waals surface area contributed by atoms with Crippen LogP contribution in [0.5, 0.6) is 0 Å². The Morgan fingerprint density at radius 2 is 1.83 bits per heavy atom. The van der Waals surface area contributed by atoms with Crippen molar-refractivity contribution < 1.29 is 8.78 Å². The summed E-state index contributed by atoms with van der Waals surface area (Å²) in [6, 6.07) is 2.14. The van der Waals surface area contributed by atoms with Gasteiger partial charge in [0.05, 0.1) is 4.47 Å². The van der Waals surface area contributed by atoms with Gasteiger partial charge in [0.15, 0.2) is 0 Å². The van der Waals surface area contributed by atoms with Gasteiger partial charge in [-0.1, -0.05) is 19.3 Å². The van der Waals surface area contributed by atoms with Crippen LogP contribution in [-0.2, 0) is 0 Å². The topological polar surface area (TPSA) is 38.4 Å². The molecule has 1 saturated carbocycles. The van der Waals surface area contributed by atoms with Crippen LogP contribution in [0, 0.1) is 17.6 Å². The molecule has 5 heteroatoms. The molecule has 1 fully saturated rings. The van der Waals surface area contributed by atoms with E-state index in [9.17, 15) is 8.78 Å². The third-order valence-corrected chi connectivity index (χ3v) is 3.87. The number of benzene rings is 1. The van der Waals surface area contributed by atoms with E-state index in [-0.39, 0.29) is 16.1 Å². The molecule has 1 aromatic rings. The van der Waals surface area contributed by atoms with Crippen molar-refractivity contribution in [2.24, 2.45) is 16.6 Å². The smallest absolute Gasteiger partial charge is 0.150 e. The standard InChI is InChI=1S/C13H15BrF2N2/c14-9-6-11(16)12(7-10(9)15)18-13(17)8-4-2-1-3-5-8/h6-8H,1-5H2,(H2,17,18). The molecule has 0 radical (unpaired) electrons. The summed E-state index contributed by atoms with van der Waals surface area (Å²) >= 11 is 2.93. The fraction of sp³-hybridized carbons (Fsp3) is 0.462. The molecule has 2 rings (SSSR count). The lowest BCUT2D eigenvalue weighted by Gasteiger charge is -2.20. The lowest BCUT2D eigenvalue weighted by molar-refractivity contribution is 0.437. The first-order valence-corrected chi connectivity index (χ1v) is 6.86. The Morgan fingerprint density at radius 3 is 2.50 bits per heavy atom. The van der Waals surface area contributed by atoms with Crippen molar-refractivity contribution in [1.29, 1.82) is 0 Å². The normalized spacial score (nSPS) is 18.1. The molecule has 0 aliphatic heterocycles. The van der Waals surface area contributed by atoms with Crippen LogP contribution in [0.2, 0.25) is 0 Å². The number of halogens is 3. The van der Waals surface area contributed by atoms with Gasteiger partial charge in [-0.05, 0) is 34.8 Å². The summed E-state index contributed by atoms with van der Waals surface area (Å²) in [7, 11) is 0. The van der Waals surface area contributed by atoms with Gasteiger partial charge in [-0.2, -0.15) is 0 Å². The van der Waals surface area contributed by atoms with E-state index in [1.54, 1.807) is 0 Å². The van der Waals surface area contributed by atoms with Gasteiger partial charge in [-0.15, -0.1) is 0 Å². The van der Waals surface area contributed by atoms with Crippen LogP contribution in [0.25, 0.3) is 0 Å². The highest BCUT2D eigenvalue weighted by Gasteiger charge is 2.18. The quantitative estimate of drug-likeness (QED) is 0.493. The summed E-state index contributed by atoms with van der Waals surface area (Å²) in [4.78, 5) is 4.04. The minimum Gasteiger partial charge on any atom is -0.387 e. The van der Waals surface area contributed by atoms with Gasteiger partial charge in [0.25, 0.3) is 0 Å². The molecule has 0 aromatic heterocycles. The second-order valence-electron chi connectivity index (χ2n) is 4.59. The van der Waals surface area contributed by atoms with Gasteiger partial charge in [-0.3, -0.25) is 0 Å². The molecule has 1 aromatic carbocycles. The summed E-state index contributed by atoms with van der Waals surface area (Å²) < 4.78 is 27.0. The molecule has 2 nitrogen and oxygen atoms in total. The molecule has 0 unspecified atom stereocenters. The Morgan fingerprint density at radius 1 is 1.17 bits per heavy atom. The maximum Gasteiger partial charge on any atom is 0.150 e. The van der Waals surface area contributed by atoms with Crippen molar-refractivity contribution in [2.75, 3.05) is 0 Å². The molecule has 0 bridgehead atoms. The lowest BCUT2D eigenvalue weighted by atomic mass is 9.88. The Bertz CT molecular complexity index is 468. The zero-order valence-electron chi connectivity index (χ0n) is 9.93. The molecular formula is C13H15BrF2N2. The van der Waals surface area contributed by atoms with Gasteiger partial charge in [0.2, 0.25) is 0 Å². The predicted molar refractivity (Wildman–Crippen MR) is 71.9 cm³/mol. The minimum atomic E-state index is -0.568. The summed E-state index contributed by atoms with van der Waals surface area (Å²) in [5.74, 6) is -0.492. The Hall–Kier alpha value is -0.970. The van der Waals surface area contributed by atoms with Crippen LogP contribution < -0.4 is 5.73 Å². The van der Waals surface area contributed by atoms with Crippen molar-refractivity contribution >= 4 is 27.5 Å². The van der Waals surface area contributed by atoms with E-state index in [0.29, 0.717) is 5.84 Å². The number of nitrogens with two attached hydrogens (primary N) is 1. The van der Waals surface area contributed by atoms with E-state index in [1.807, 2.05) is 0 Å². The summed E-state index contributed by atoms with van der Waals surface area (Å²) in [6.07, 6.45) is 5.42. The van der Waals surface area contributed by atoms with Crippen molar-refractivity contribution in [3.8, 4) is 0 Å². The Kier molecular flexibility index (Phi) is 4.32. The monoisotopic (exact) mass is 316 g/mol. The number of aliphatic imine (C=N–C) groups is 1. The number of hydrogen-bond acceptors (Lipinski definition) is 1. The maximum absolute atomic E-state index is 13.6. The molecule has 0 atom stereocenters. The van der Waals surface area contributed by atoms with Crippen LogP contribution in [0.3, 0.4) is 0 Å². The first kappa shape index (κ1) is 13.5. The fourth-order valence-electron chi connectivity index (χ4n) is 2.23. The fourth-order valence-corrected chi connectivity index (χ4v) is 2.54. The molecule has 2 N–H and O–H groups in total. The van der Waals surface area contributed by atoms with Crippen molar-refractivity contribution in [2.45, 2.75) is 32.1 Å².